The molecule has 1 aromatic carbocycles. The smallest absolute Gasteiger partial charge is 0.241 e. The Morgan fingerprint density at radius 1 is 1.33 bits per heavy atom. The van der Waals surface area contributed by atoms with Crippen molar-refractivity contribution < 1.29 is 17.3 Å². The standard InChI is InChI=1S/C13H16FN3O3S/c1-7-4-11(14)12(15)9(3)13(7)21(18,19)16-6-10-5-8(2)20-17-10/h4-5,16H,6,15H2,1-3H3. The van der Waals surface area contributed by atoms with Crippen molar-refractivity contribution in [1.29, 1.82) is 0 Å². The molecule has 8 heteroatoms. The average Bonchev–Trinajstić information content (AvgIpc) is 2.79. The molecule has 0 aliphatic carbocycles. The summed E-state index contributed by atoms with van der Waals surface area (Å²) in [7, 11) is -3.83. The van der Waals surface area contributed by atoms with Crippen LogP contribution in [0.4, 0.5) is 10.1 Å². The highest BCUT2D eigenvalue weighted by molar-refractivity contribution is 7.89. The molecular formula is C13H16FN3O3S. The second-order valence-corrected chi connectivity index (χ2v) is 6.50. The van der Waals surface area contributed by atoms with E-state index in [9.17, 15) is 12.8 Å². The van der Waals surface area contributed by atoms with Crippen LogP contribution in [0.15, 0.2) is 21.6 Å². The van der Waals surface area contributed by atoms with Gasteiger partial charge >= 0.3 is 0 Å². The second-order valence-electron chi connectivity index (χ2n) is 4.80. The van der Waals surface area contributed by atoms with Crippen LogP contribution in [0.25, 0.3) is 0 Å². The average molecular weight is 313 g/mol. The molecule has 1 heterocycles. The van der Waals surface area contributed by atoms with Gasteiger partial charge in [0.2, 0.25) is 10.0 Å². The summed E-state index contributed by atoms with van der Waals surface area (Å²) in [6.07, 6.45) is 0. The van der Waals surface area contributed by atoms with E-state index in [0.717, 1.165) is 6.07 Å². The van der Waals surface area contributed by atoms with Gasteiger partial charge in [-0.3, -0.25) is 0 Å². The monoisotopic (exact) mass is 313 g/mol. The molecule has 0 bridgehead atoms. The zero-order valence-electron chi connectivity index (χ0n) is 11.9. The van der Waals surface area contributed by atoms with E-state index in [-0.39, 0.29) is 22.7 Å². The maximum atomic E-state index is 13.5. The molecule has 1 aromatic heterocycles. The molecule has 21 heavy (non-hydrogen) atoms. The Bertz CT molecular complexity index is 784. The lowest BCUT2D eigenvalue weighted by Gasteiger charge is -2.13. The van der Waals surface area contributed by atoms with Gasteiger partial charge < -0.3 is 10.3 Å². The number of benzene rings is 1. The largest absolute Gasteiger partial charge is 0.396 e. The normalized spacial score (nSPS) is 11.8. The maximum absolute atomic E-state index is 13.5. The molecule has 3 N–H and O–H groups in total. The van der Waals surface area contributed by atoms with Crippen molar-refractivity contribution in [2.24, 2.45) is 0 Å². The fourth-order valence-corrected chi connectivity index (χ4v) is 3.56. The molecule has 2 rings (SSSR count). The highest BCUT2D eigenvalue weighted by Gasteiger charge is 2.23. The van der Waals surface area contributed by atoms with Crippen LogP contribution in [0.2, 0.25) is 0 Å². The summed E-state index contributed by atoms with van der Waals surface area (Å²) in [6.45, 7) is 4.68. The first-order chi connectivity index (χ1) is 9.72. The first-order valence-electron chi connectivity index (χ1n) is 6.19. The number of anilines is 1. The van der Waals surface area contributed by atoms with E-state index in [1.807, 2.05) is 0 Å². The van der Waals surface area contributed by atoms with Gasteiger partial charge in [0.25, 0.3) is 0 Å². The summed E-state index contributed by atoms with van der Waals surface area (Å²) in [5.41, 5.74) is 6.34. The summed E-state index contributed by atoms with van der Waals surface area (Å²) in [5, 5.41) is 3.70. The lowest BCUT2D eigenvalue weighted by molar-refractivity contribution is 0.390. The highest BCUT2D eigenvalue weighted by atomic mass is 32.2. The fourth-order valence-electron chi connectivity index (χ4n) is 2.09. The lowest BCUT2D eigenvalue weighted by atomic mass is 10.1. The van der Waals surface area contributed by atoms with Gasteiger partial charge in [-0.1, -0.05) is 5.16 Å². The van der Waals surface area contributed by atoms with Crippen LogP contribution in [-0.2, 0) is 16.6 Å². The van der Waals surface area contributed by atoms with Crippen molar-refractivity contribution in [3.8, 4) is 0 Å². The number of nitrogens with zero attached hydrogens (tertiary/aromatic N) is 1. The number of nitrogens with two attached hydrogens (primary N) is 1. The quantitative estimate of drug-likeness (QED) is 0.839. The summed E-state index contributed by atoms with van der Waals surface area (Å²) < 4.78 is 45.5. The molecule has 6 nitrogen and oxygen atoms in total. The lowest BCUT2D eigenvalue weighted by Crippen LogP contribution is -2.25. The Morgan fingerprint density at radius 2 is 2.00 bits per heavy atom. The van der Waals surface area contributed by atoms with Crippen LogP contribution in [0.5, 0.6) is 0 Å². The Kier molecular flexibility index (Phi) is 4.02. The van der Waals surface area contributed by atoms with Gasteiger partial charge in [-0.05, 0) is 38.0 Å². The molecule has 0 amide bonds. The third-order valence-corrected chi connectivity index (χ3v) is 4.78. The molecule has 0 atom stereocenters. The minimum absolute atomic E-state index is 0.0124. The van der Waals surface area contributed by atoms with Crippen LogP contribution in [0.3, 0.4) is 0 Å². The third kappa shape index (κ3) is 3.06. The van der Waals surface area contributed by atoms with E-state index in [1.165, 1.54) is 13.8 Å². The second kappa shape index (κ2) is 5.45. The van der Waals surface area contributed by atoms with E-state index in [4.69, 9.17) is 10.3 Å². The first-order valence-corrected chi connectivity index (χ1v) is 7.67. The van der Waals surface area contributed by atoms with Gasteiger partial charge in [0.05, 0.1) is 22.8 Å². The Hall–Kier alpha value is -1.93. The van der Waals surface area contributed by atoms with E-state index in [0.29, 0.717) is 17.0 Å². The Balaban J connectivity index is 2.34. The topological polar surface area (TPSA) is 98.2 Å². The molecule has 0 radical (unpaired) electrons. The van der Waals surface area contributed by atoms with Gasteiger partial charge in [-0.15, -0.1) is 0 Å². The van der Waals surface area contributed by atoms with Gasteiger partial charge in [-0.25, -0.2) is 17.5 Å². The summed E-state index contributed by atoms with van der Waals surface area (Å²) in [6, 6.07) is 2.73. The zero-order valence-corrected chi connectivity index (χ0v) is 12.7. The molecule has 0 aliphatic rings. The van der Waals surface area contributed by atoms with Crippen LogP contribution >= 0.6 is 0 Å². The molecule has 2 aromatic rings. The molecule has 0 saturated carbocycles. The first kappa shape index (κ1) is 15.5. The minimum Gasteiger partial charge on any atom is -0.396 e. The maximum Gasteiger partial charge on any atom is 0.241 e. The van der Waals surface area contributed by atoms with Gasteiger partial charge in [0, 0.05) is 6.07 Å². The van der Waals surface area contributed by atoms with Crippen LogP contribution in [-0.4, -0.2) is 13.6 Å². The van der Waals surface area contributed by atoms with Crippen molar-refractivity contribution in [2.75, 3.05) is 5.73 Å². The summed E-state index contributed by atoms with van der Waals surface area (Å²) >= 11 is 0. The number of aromatic nitrogens is 1. The van der Waals surface area contributed by atoms with Gasteiger partial charge in [0.15, 0.2) is 0 Å². The van der Waals surface area contributed by atoms with Gasteiger partial charge in [0.1, 0.15) is 11.6 Å². The SMILES string of the molecule is Cc1cc(CNS(=O)(=O)c2c(C)cc(F)c(N)c2C)no1. The summed E-state index contributed by atoms with van der Waals surface area (Å²) in [5.74, 6) is -0.0429. The number of hydrogen-bond acceptors (Lipinski definition) is 5. The van der Waals surface area contributed by atoms with E-state index in [1.54, 1.807) is 13.0 Å². The number of nitrogens with one attached hydrogen (secondary N) is 1. The van der Waals surface area contributed by atoms with Crippen molar-refractivity contribution in [3.05, 3.63) is 40.5 Å². The van der Waals surface area contributed by atoms with Crippen molar-refractivity contribution in [2.45, 2.75) is 32.2 Å². The fraction of sp³-hybridized carbons (Fsp3) is 0.308. The minimum atomic E-state index is -3.83. The predicted molar refractivity (Wildman–Crippen MR) is 75.6 cm³/mol. The number of sulfonamides is 1. The highest BCUT2D eigenvalue weighted by Crippen LogP contribution is 2.27. The molecule has 0 spiro atoms. The third-order valence-electron chi connectivity index (χ3n) is 3.09. The number of halogens is 1. The number of nitrogen functional groups attached to an aromatic ring is 1. The summed E-state index contributed by atoms with van der Waals surface area (Å²) in [4.78, 5) is -0.0124. The van der Waals surface area contributed by atoms with E-state index in [2.05, 4.69) is 9.88 Å². The molecular weight excluding hydrogens is 297 g/mol. The van der Waals surface area contributed by atoms with Crippen LogP contribution in [0.1, 0.15) is 22.6 Å². The number of aryl methyl sites for hydroxylation is 2. The van der Waals surface area contributed by atoms with Crippen molar-refractivity contribution in [3.63, 3.8) is 0 Å². The Morgan fingerprint density at radius 3 is 2.57 bits per heavy atom. The molecule has 0 unspecified atom stereocenters. The Labute approximate surface area is 122 Å². The molecule has 0 fully saturated rings. The number of hydrogen-bond donors (Lipinski definition) is 2. The predicted octanol–water partition coefficient (Wildman–Crippen LogP) is 1.80. The van der Waals surface area contributed by atoms with Gasteiger partial charge in [-0.2, -0.15) is 0 Å². The van der Waals surface area contributed by atoms with Crippen LogP contribution in [0, 0.1) is 26.6 Å². The molecule has 0 saturated heterocycles. The molecule has 114 valence electrons. The van der Waals surface area contributed by atoms with Crippen molar-refractivity contribution in [1.82, 2.24) is 9.88 Å². The number of rotatable bonds is 4. The van der Waals surface area contributed by atoms with Crippen LogP contribution < -0.4 is 10.5 Å². The van der Waals surface area contributed by atoms with Crippen molar-refractivity contribution >= 4 is 15.7 Å². The van der Waals surface area contributed by atoms with E-state index >= 15 is 0 Å². The van der Waals surface area contributed by atoms with E-state index < -0.39 is 15.8 Å². The molecule has 0 aliphatic heterocycles. The zero-order chi connectivity index (χ0) is 15.8.